The molecule has 0 radical (unpaired) electrons. The Labute approximate surface area is 201 Å². The van der Waals surface area contributed by atoms with Crippen LogP contribution in [0, 0.1) is 0 Å². The third kappa shape index (κ3) is 16.4. The third-order valence-corrected chi connectivity index (χ3v) is 8.12. The van der Waals surface area contributed by atoms with Gasteiger partial charge in [-0.25, -0.2) is 0 Å². The molecule has 0 aromatic rings. The van der Waals surface area contributed by atoms with Gasteiger partial charge in [0.1, 0.15) is 0 Å². The summed E-state index contributed by atoms with van der Waals surface area (Å²) in [4.78, 5) is 60.9. The van der Waals surface area contributed by atoms with Crippen molar-refractivity contribution >= 4 is 99.5 Å². The van der Waals surface area contributed by atoms with Crippen molar-refractivity contribution in [1.82, 2.24) is 0 Å². The fraction of sp³-hybridized carbons (Fsp3) is 0.333. The van der Waals surface area contributed by atoms with Crippen molar-refractivity contribution in [2.75, 3.05) is 0 Å². The Balaban J connectivity index is -0.000000108. The van der Waals surface area contributed by atoms with Gasteiger partial charge in [0.15, 0.2) is 11.2 Å². The summed E-state index contributed by atoms with van der Waals surface area (Å²) in [6, 6.07) is 0. The van der Waals surface area contributed by atoms with Crippen LogP contribution < -0.4 is 29.4 Å². The Morgan fingerprint density at radius 2 is 0.852 bits per heavy atom. The second kappa shape index (κ2) is 15.7. The average Bonchev–Trinajstić information content (AvgIpc) is 2.35. The number of rotatable bonds is 8. The molecule has 27 heavy (non-hydrogen) atoms. The summed E-state index contributed by atoms with van der Waals surface area (Å²) in [6.07, 6.45) is 0.791. The Bertz CT molecular complexity index is 574. The molecule has 0 aromatic heterocycles. The van der Waals surface area contributed by atoms with Gasteiger partial charge in [0, 0.05) is 0 Å². The molecule has 0 saturated heterocycles. The van der Waals surface area contributed by atoms with E-state index in [1.807, 2.05) is 0 Å². The normalized spacial score (nSPS) is 17.2. The smallest absolute Gasteiger partial charge is 0.809 e. The van der Waals surface area contributed by atoms with Gasteiger partial charge in [0.2, 0.25) is 15.2 Å². The number of hydrogen-bond acceptors (Lipinski definition) is 14. The minimum atomic E-state index is -5.60. The monoisotopic (exact) mass is 502 g/mol. The quantitative estimate of drug-likeness (QED) is 0.178. The minimum absolute atomic E-state index is 0. The van der Waals surface area contributed by atoms with Gasteiger partial charge in [0.05, 0.1) is 12.5 Å². The zero-order valence-electron chi connectivity index (χ0n) is 13.4. The summed E-state index contributed by atoms with van der Waals surface area (Å²) in [6.45, 7) is 5.62. The SMILES string of the molecule is C=COP(=O)([O-])C(O)P(=O)([O-])[O-].C=COP(=O)([O-])C(O)P(=O)([O-])[O-].[Mg+2].[Mg+2].[Mg+2]. The largest absolute Gasteiger partial charge is 2.00 e. The number of aliphatic hydroxyl groups is 2. The molecule has 0 heterocycles. The molecule has 4 unspecified atom stereocenters. The van der Waals surface area contributed by atoms with Crippen LogP contribution in [-0.2, 0) is 27.3 Å². The zero-order valence-corrected chi connectivity index (χ0v) is 21.2. The molecule has 14 nitrogen and oxygen atoms in total. The molecule has 0 rings (SSSR count). The van der Waals surface area contributed by atoms with Crippen molar-refractivity contribution in [2.45, 2.75) is 11.2 Å². The van der Waals surface area contributed by atoms with E-state index in [1.54, 1.807) is 0 Å². The van der Waals surface area contributed by atoms with Gasteiger partial charge in [-0.3, -0.25) is 9.13 Å². The van der Waals surface area contributed by atoms with Crippen molar-refractivity contribution in [1.29, 1.82) is 0 Å². The summed E-state index contributed by atoms with van der Waals surface area (Å²) in [5.74, 6) is 0. The Morgan fingerprint density at radius 3 is 0.963 bits per heavy atom. The first-order valence-corrected chi connectivity index (χ1v) is 11.5. The maximum absolute atomic E-state index is 10.5. The molecular weight excluding hydrogens is 493 g/mol. The van der Waals surface area contributed by atoms with E-state index in [2.05, 4.69) is 22.2 Å². The molecule has 144 valence electrons. The van der Waals surface area contributed by atoms with Crippen LogP contribution in [0.4, 0.5) is 0 Å². The standard InChI is InChI=1S/2C3H8O7P2.3Mg/c2*1-2-10-12(8,9)3(4)11(5,6)7;;;/h2*2-4H,1H2,(H,8,9)(H2,5,6,7);;;/q;;3*+2/p-6. The summed E-state index contributed by atoms with van der Waals surface area (Å²) in [5.41, 5.74) is -6.13. The minimum Gasteiger partial charge on any atom is -0.809 e. The second-order valence-electron chi connectivity index (χ2n) is 3.40. The average molecular weight is 503 g/mol. The predicted molar refractivity (Wildman–Crippen MR) is 82.3 cm³/mol. The van der Waals surface area contributed by atoms with Crippen molar-refractivity contribution in [3.05, 3.63) is 25.7 Å². The second-order valence-corrected chi connectivity index (χ2v) is 10.9. The molecule has 0 aliphatic heterocycles. The predicted octanol–water partition coefficient (Wildman–Crippen LogP) is -5.36. The van der Waals surface area contributed by atoms with Crippen LogP contribution in [0.3, 0.4) is 0 Å². The molecular formula is C6H10Mg3O14P4. The molecule has 4 atom stereocenters. The topological polar surface area (TPSA) is 266 Å². The van der Waals surface area contributed by atoms with Gasteiger partial charge < -0.3 is 57.8 Å². The van der Waals surface area contributed by atoms with Crippen LogP contribution in [0.25, 0.3) is 0 Å². The maximum Gasteiger partial charge on any atom is 2.00 e. The van der Waals surface area contributed by atoms with Crippen molar-refractivity contribution in [2.24, 2.45) is 0 Å². The van der Waals surface area contributed by atoms with E-state index in [-0.39, 0.29) is 69.2 Å². The van der Waals surface area contributed by atoms with E-state index in [1.165, 1.54) is 0 Å². The van der Waals surface area contributed by atoms with Crippen LogP contribution >= 0.6 is 30.4 Å². The van der Waals surface area contributed by atoms with E-state index >= 15 is 0 Å². The summed E-state index contributed by atoms with van der Waals surface area (Å²) >= 11 is 0. The van der Waals surface area contributed by atoms with E-state index in [0.717, 1.165) is 0 Å². The molecule has 0 bridgehead atoms. The van der Waals surface area contributed by atoms with E-state index in [9.17, 15) is 47.6 Å². The molecule has 0 aromatic carbocycles. The molecule has 0 aliphatic carbocycles. The Kier molecular flexibility index (Phi) is 23.0. The van der Waals surface area contributed by atoms with Gasteiger partial charge in [-0.2, -0.15) is 0 Å². The molecule has 0 spiro atoms. The molecule has 0 saturated carbocycles. The fourth-order valence-electron chi connectivity index (χ4n) is 0.663. The Hall–Kier alpha value is 1.98. The van der Waals surface area contributed by atoms with E-state index in [4.69, 9.17) is 10.2 Å². The molecule has 0 amide bonds. The summed E-state index contributed by atoms with van der Waals surface area (Å²) < 4.78 is 48.3. The molecule has 0 fully saturated rings. The van der Waals surface area contributed by atoms with E-state index in [0.29, 0.717) is 12.5 Å². The van der Waals surface area contributed by atoms with Crippen molar-refractivity contribution < 1.29 is 66.9 Å². The molecule has 21 heteroatoms. The van der Waals surface area contributed by atoms with Gasteiger partial charge in [0.25, 0.3) is 0 Å². The van der Waals surface area contributed by atoms with Gasteiger partial charge in [-0.1, -0.05) is 13.2 Å². The fourth-order valence-corrected chi connectivity index (χ4v) is 4.39. The van der Waals surface area contributed by atoms with Crippen molar-refractivity contribution in [3.8, 4) is 0 Å². The summed E-state index contributed by atoms with van der Waals surface area (Å²) in [7, 11) is -21.4. The number of aliphatic hydroxyl groups excluding tert-OH is 2. The van der Waals surface area contributed by atoms with Crippen molar-refractivity contribution in [3.63, 3.8) is 0 Å². The third-order valence-electron chi connectivity index (χ3n) is 1.57. The Morgan fingerprint density at radius 1 is 0.667 bits per heavy atom. The first-order valence-electron chi connectivity index (χ1n) is 5.03. The van der Waals surface area contributed by atoms with Crippen LogP contribution in [0.15, 0.2) is 25.7 Å². The first kappa shape index (κ1) is 39.5. The summed E-state index contributed by atoms with van der Waals surface area (Å²) in [5, 5.41) is 16.8. The van der Waals surface area contributed by atoms with Crippen LogP contribution in [-0.4, -0.2) is 90.5 Å². The van der Waals surface area contributed by atoms with Crippen LogP contribution in [0.5, 0.6) is 0 Å². The molecule has 0 aliphatic rings. The zero-order chi connectivity index (χ0) is 20.0. The van der Waals surface area contributed by atoms with Gasteiger partial charge in [-0.05, 0) is 15.2 Å². The number of hydrogen-bond donors (Lipinski definition) is 2. The van der Waals surface area contributed by atoms with Gasteiger partial charge >= 0.3 is 69.2 Å². The van der Waals surface area contributed by atoms with E-state index < -0.39 is 41.6 Å². The molecule has 2 N–H and O–H groups in total. The first-order chi connectivity index (χ1) is 10.4. The van der Waals surface area contributed by atoms with Crippen LogP contribution in [0.2, 0.25) is 0 Å². The van der Waals surface area contributed by atoms with Crippen LogP contribution in [0.1, 0.15) is 0 Å². The van der Waals surface area contributed by atoms with Gasteiger partial charge in [-0.15, -0.1) is 0 Å². The maximum atomic E-state index is 10.5.